The van der Waals surface area contributed by atoms with E-state index in [2.05, 4.69) is 30.8 Å². The fraction of sp³-hybridized carbons (Fsp3) is 0.400. The molecule has 2 atom stereocenters. The Balaban J connectivity index is 1.83. The molecule has 9 nitrogen and oxygen atoms in total. The summed E-state index contributed by atoms with van der Waals surface area (Å²) in [6, 6.07) is 1.93. The lowest BCUT2D eigenvalue weighted by Crippen LogP contribution is -2.42. The predicted octanol–water partition coefficient (Wildman–Crippen LogP) is 0.791. The van der Waals surface area contributed by atoms with Crippen LogP contribution in [-0.4, -0.2) is 38.2 Å². The number of nitrogens with zero attached hydrogens (tertiary/aromatic N) is 4. The number of hydrogen-bond donors (Lipinski definition) is 4. The zero-order chi connectivity index (χ0) is 16.9. The highest BCUT2D eigenvalue weighted by Crippen LogP contribution is 2.22. The van der Waals surface area contributed by atoms with E-state index in [0.29, 0.717) is 11.5 Å². The number of primary amides is 1. The Morgan fingerprint density at radius 3 is 2.75 bits per heavy atom. The highest BCUT2D eigenvalue weighted by atomic mass is 16.1. The summed E-state index contributed by atoms with van der Waals surface area (Å²) in [4.78, 5) is 20.1. The van der Waals surface area contributed by atoms with Crippen LogP contribution in [0.1, 0.15) is 36.2 Å². The second-order valence-electron chi connectivity index (χ2n) is 5.77. The first-order chi connectivity index (χ1) is 11.6. The van der Waals surface area contributed by atoms with Crippen molar-refractivity contribution in [2.75, 3.05) is 10.6 Å². The second-order valence-corrected chi connectivity index (χ2v) is 5.77. The van der Waals surface area contributed by atoms with Gasteiger partial charge in [-0.15, -0.1) is 0 Å². The highest BCUT2D eigenvalue weighted by Gasteiger charge is 2.22. The average Bonchev–Trinajstić information content (AvgIpc) is 2.58. The number of aromatic nitrogens is 4. The Morgan fingerprint density at radius 1 is 1.21 bits per heavy atom. The minimum absolute atomic E-state index is 0.0605. The van der Waals surface area contributed by atoms with E-state index in [-0.39, 0.29) is 23.6 Å². The van der Waals surface area contributed by atoms with Crippen LogP contribution in [0, 0.1) is 0 Å². The van der Waals surface area contributed by atoms with Gasteiger partial charge in [-0.05, 0) is 18.9 Å². The van der Waals surface area contributed by atoms with Crippen LogP contribution in [0.5, 0.6) is 0 Å². The van der Waals surface area contributed by atoms with E-state index in [0.717, 1.165) is 25.7 Å². The van der Waals surface area contributed by atoms with Crippen molar-refractivity contribution in [2.24, 2.45) is 11.5 Å². The molecule has 24 heavy (non-hydrogen) atoms. The van der Waals surface area contributed by atoms with Crippen LogP contribution < -0.4 is 22.1 Å². The minimum Gasteiger partial charge on any atom is -0.364 e. The molecular weight excluding hydrogens is 308 g/mol. The van der Waals surface area contributed by atoms with Crippen molar-refractivity contribution < 1.29 is 4.79 Å². The highest BCUT2D eigenvalue weighted by molar-refractivity contribution is 5.96. The summed E-state index contributed by atoms with van der Waals surface area (Å²) < 4.78 is 0. The lowest BCUT2D eigenvalue weighted by atomic mass is 9.91. The van der Waals surface area contributed by atoms with Gasteiger partial charge in [0, 0.05) is 12.1 Å². The number of rotatable bonds is 5. The van der Waals surface area contributed by atoms with Gasteiger partial charge in [-0.25, -0.2) is 9.97 Å². The van der Waals surface area contributed by atoms with Crippen LogP contribution in [0.2, 0.25) is 0 Å². The van der Waals surface area contributed by atoms with Gasteiger partial charge in [0.15, 0.2) is 11.5 Å². The topological polar surface area (TPSA) is 145 Å². The Kier molecular flexibility index (Phi) is 4.80. The van der Waals surface area contributed by atoms with Gasteiger partial charge in [-0.1, -0.05) is 12.8 Å². The third-order valence-electron chi connectivity index (χ3n) is 4.01. The van der Waals surface area contributed by atoms with Gasteiger partial charge < -0.3 is 22.1 Å². The van der Waals surface area contributed by atoms with Gasteiger partial charge >= 0.3 is 0 Å². The maximum atomic E-state index is 11.6. The Morgan fingerprint density at radius 2 is 2.04 bits per heavy atom. The maximum absolute atomic E-state index is 11.6. The Labute approximate surface area is 139 Å². The van der Waals surface area contributed by atoms with Crippen molar-refractivity contribution in [1.29, 1.82) is 0 Å². The van der Waals surface area contributed by atoms with Crippen molar-refractivity contribution in [2.45, 2.75) is 37.8 Å². The molecule has 6 N–H and O–H groups in total. The first-order valence-electron chi connectivity index (χ1n) is 7.86. The van der Waals surface area contributed by atoms with Gasteiger partial charge in [0.1, 0.15) is 5.82 Å². The molecule has 0 unspecified atom stereocenters. The first kappa shape index (κ1) is 16.1. The normalized spacial score (nSPS) is 20.4. The predicted molar refractivity (Wildman–Crippen MR) is 89.7 cm³/mol. The molecule has 2 heterocycles. The third-order valence-corrected chi connectivity index (χ3v) is 4.01. The van der Waals surface area contributed by atoms with Crippen LogP contribution in [0.4, 0.5) is 17.3 Å². The number of nitrogens with one attached hydrogen (secondary N) is 2. The van der Waals surface area contributed by atoms with E-state index in [4.69, 9.17) is 11.5 Å². The van der Waals surface area contributed by atoms with Crippen molar-refractivity contribution in [1.82, 2.24) is 20.2 Å². The summed E-state index contributed by atoms with van der Waals surface area (Å²) in [6.07, 6.45) is 8.79. The second kappa shape index (κ2) is 7.18. The molecule has 1 aliphatic carbocycles. The summed E-state index contributed by atoms with van der Waals surface area (Å²) in [7, 11) is 0. The smallest absolute Gasteiger partial charge is 0.271 e. The van der Waals surface area contributed by atoms with E-state index in [9.17, 15) is 4.79 Å². The fourth-order valence-corrected chi connectivity index (χ4v) is 2.76. The van der Waals surface area contributed by atoms with E-state index >= 15 is 0 Å². The van der Waals surface area contributed by atoms with Crippen molar-refractivity contribution in [3.8, 4) is 0 Å². The average molecular weight is 328 g/mol. The molecule has 1 amide bonds. The summed E-state index contributed by atoms with van der Waals surface area (Å²) >= 11 is 0. The third kappa shape index (κ3) is 3.74. The molecule has 2 aromatic rings. The lowest BCUT2D eigenvalue weighted by molar-refractivity contribution is 0.0996. The SMILES string of the molecule is NC(=O)c1ncc(N[C@@H]2CCCC[C@@H]2N)nc1Nc1ccnnc1. The zero-order valence-electron chi connectivity index (χ0n) is 13.1. The number of carbonyl (C=O) groups is 1. The molecule has 0 radical (unpaired) electrons. The standard InChI is InChI=1S/C15H20N8O/c16-10-3-1-2-4-11(10)22-12-8-18-13(14(17)24)15(23-12)21-9-5-6-19-20-7-9/h5-8,10-11H,1-4,16H2,(H2,17,24)(H2,19,21,22,23)/t10-,11+/m0/s1. The summed E-state index contributed by atoms with van der Waals surface area (Å²) in [5.41, 5.74) is 12.2. The van der Waals surface area contributed by atoms with Gasteiger partial charge in [0.2, 0.25) is 0 Å². The number of anilines is 3. The van der Waals surface area contributed by atoms with Crippen LogP contribution in [-0.2, 0) is 0 Å². The van der Waals surface area contributed by atoms with Gasteiger partial charge in [0.25, 0.3) is 5.91 Å². The molecule has 9 heteroatoms. The van der Waals surface area contributed by atoms with Crippen molar-refractivity contribution in [3.63, 3.8) is 0 Å². The molecule has 2 aromatic heterocycles. The monoisotopic (exact) mass is 328 g/mol. The summed E-state index contributed by atoms with van der Waals surface area (Å²) in [5.74, 6) is 0.157. The Bertz CT molecular complexity index is 708. The van der Waals surface area contributed by atoms with Crippen molar-refractivity contribution in [3.05, 3.63) is 30.4 Å². The minimum atomic E-state index is -0.659. The van der Waals surface area contributed by atoms with Crippen LogP contribution in [0.25, 0.3) is 0 Å². The van der Waals surface area contributed by atoms with Crippen LogP contribution in [0.15, 0.2) is 24.7 Å². The molecule has 3 rings (SSSR count). The van der Waals surface area contributed by atoms with E-state index in [1.165, 1.54) is 18.6 Å². The van der Waals surface area contributed by atoms with E-state index in [1.807, 2.05) is 0 Å². The summed E-state index contributed by atoms with van der Waals surface area (Å²) in [5, 5.41) is 13.8. The zero-order valence-corrected chi connectivity index (χ0v) is 13.1. The number of amides is 1. The fourth-order valence-electron chi connectivity index (χ4n) is 2.76. The van der Waals surface area contributed by atoms with E-state index < -0.39 is 5.91 Å². The molecule has 0 spiro atoms. The molecular formula is C15H20N8O. The van der Waals surface area contributed by atoms with Gasteiger partial charge in [-0.3, -0.25) is 4.79 Å². The number of carbonyl (C=O) groups excluding carboxylic acids is 1. The molecule has 0 saturated heterocycles. The number of nitrogens with two attached hydrogens (primary N) is 2. The molecule has 1 aliphatic rings. The maximum Gasteiger partial charge on any atom is 0.271 e. The molecule has 0 aromatic carbocycles. The van der Waals surface area contributed by atoms with Gasteiger partial charge in [-0.2, -0.15) is 10.2 Å². The molecule has 126 valence electrons. The van der Waals surface area contributed by atoms with Crippen LogP contribution in [0.3, 0.4) is 0 Å². The number of hydrogen-bond acceptors (Lipinski definition) is 8. The quantitative estimate of drug-likeness (QED) is 0.630. The van der Waals surface area contributed by atoms with Crippen molar-refractivity contribution >= 4 is 23.2 Å². The van der Waals surface area contributed by atoms with Crippen LogP contribution >= 0.6 is 0 Å². The molecule has 0 aliphatic heterocycles. The van der Waals surface area contributed by atoms with E-state index in [1.54, 1.807) is 6.07 Å². The van der Waals surface area contributed by atoms with Gasteiger partial charge in [0.05, 0.1) is 24.3 Å². The first-order valence-corrected chi connectivity index (χ1v) is 7.86. The molecule has 1 saturated carbocycles. The molecule has 0 bridgehead atoms. The summed E-state index contributed by atoms with van der Waals surface area (Å²) in [6.45, 7) is 0. The lowest BCUT2D eigenvalue weighted by Gasteiger charge is -2.29. The molecule has 1 fully saturated rings. The Hall–Kier alpha value is -2.81. The largest absolute Gasteiger partial charge is 0.364 e.